The quantitative estimate of drug-likeness (QED) is 0.384. The summed E-state index contributed by atoms with van der Waals surface area (Å²) in [6.45, 7) is 1.53. The minimum atomic E-state index is 0.355. The summed E-state index contributed by atoms with van der Waals surface area (Å²) in [6.07, 6.45) is 9.11. The Morgan fingerprint density at radius 3 is 2.50 bits per heavy atom. The molecule has 11 heteroatoms. The predicted molar refractivity (Wildman–Crippen MR) is 126 cm³/mol. The molecular formula is C23H24N10O. The molecule has 0 spiro atoms. The van der Waals surface area contributed by atoms with Crippen molar-refractivity contribution in [2.45, 2.75) is 37.8 Å². The lowest BCUT2D eigenvalue weighted by Gasteiger charge is -2.25. The Bertz CT molecular complexity index is 1350. The molecule has 4 aromatic rings. The monoisotopic (exact) mass is 456 g/mol. The van der Waals surface area contributed by atoms with Crippen molar-refractivity contribution in [3.63, 3.8) is 0 Å². The molecule has 0 atom stereocenters. The molecule has 1 aliphatic heterocycles. The van der Waals surface area contributed by atoms with E-state index in [1.165, 1.54) is 0 Å². The second kappa shape index (κ2) is 8.64. The Hall–Kier alpha value is -4.17. The number of ether oxygens (including phenoxy) is 1. The number of imidazole rings is 1. The number of nitrogens with one attached hydrogen (secondary N) is 3. The molecule has 0 amide bonds. The topological polar surface area (TPSA) is 130 Å². The number of nitriles is 1. The molecule has 1 saturated heterocycles. The Morgan fingerprint density at radius 1 is 0.971 bits per heavy atom. The largest absolute Gasteiger partial charge is 0.381 e. The van der Waals surface area contributed by atoms with Gasteiger partial charge in [-0.2, -0.15) is 9.78 Å². The Balaban J connectivity index is 1.34. The molecule has 2 fully saturated rings. The highest BCUT2D eigenvalue weighted by molar-refractivity contribution is 5.75. The van der Waals surface area contributed by atoms with Crippen LogP contribution in [0.15, 0.2) is 43.1 Å². The average Bonchev–Trinajstić information content (AvgIpc) is 3.32. The van der Waals surface area contributed by atoms with Crippen molar-refractivity contribution in [3.05, 3.63) is 48.8 Å². The zero-order chi connectivity index (χ0) is 22.9. The van der Waals surface area contributed by atoms with Gasteiger partial charge in [-0.15, -0.1) is 15.3 Å². The predicted octanol–water partition coefficient (Wildman–Crippen LogP) is 3.09. The first-order chi connectivity index (χ1) is 16.8. The molecule has 4 heterocycles. The lowest BCUT2D eigenvalue weighted by atomic mass is 10.1. The van der Waals surface area contributed by atoms with Crippen LogP contribution < -0.4 is 16.0 Å². The van der Waals surface area contributed by atoms with E-state index in [9.17, 15) is 5.26 Å². The molecule has 0 bridgehead atoms. The molecule has 172 valence electrons. The number of hydrogen-bond acceptors (Lipinski definition) is 9. The van der Waals surface area contributed by atoms with Gasteiger partial charge in [0.2, 0.25) is 0 Å². The first-order valence-corrected chi connectivity index (χ1v) is 11.4. The third-order valence-electron chi connectivity index (χ3n) is 6.07. The van der Waals surface area contributed by atoms with Crippen LogP contribution in [0.4, 0.5) is 22.9 Å². The maximum Gasteiger partial charge on any atom is 0.178 e. The van der Waals surface area contributed by atoms with E-state index in [1.807, 2.05) is 28.8 Å². The highest BCUT2D eigenvalue weighted by Crippen LogP contribution is 2.31. The lowest BCUT2D eigenvalue weighted by Crippen LogP contribution is -2.28. The van der Waals surface area contributed by atoms with Gasteiger partial charge in [-0.05, 0) is 43.9 Å². The molecule has 1 aromatic carbocycles. The number of anilines is 4. The van der Waals surface area contributed by atoms with Gasteiger partial charge in [0, 0.05) is 37.1 Å². The summed E-state index contributed by atoms with van der Waals surface area (Å²) in [5.41, 5.74) is 4.67. The smallest absolute Gasteiger partial charge is 0.178 e. The van der Waals surface area contributed by atoms with Crippen LogP contribution in [0.3, 0.4) is 0 Å². The van der Waals surface area contributed by atoms with Crippen LogP contribution in [0.1, 0.15) is 31.4 Å². The van der Waals surface area contributed by atoms with Crippen molar-refractivity contribution >= 4 is 28.5 Å². The Kier molecular flexibility index (Phi) is 5.20. The van der Waals surface area contributed by atoms with Gasteiger partial charge in [0.05, 0.1) is 23.3 Å². The van der Waals surface area contributed by atoms with E-state index in [4.69, 9.17) is 4.74 Å². The summed E-state index contributed by atoms with van der Waals surface area (Å²) >= 11 is 0. The van der Waals surface area contributed by atoms with Crippen molar-refractivity contribution in [1.29, 1.82) is 5.26 Å². The van der Waals surface area contributed by atoms with Crippen molar-refractivity contribution in [2.75, 3.05) is 29.2 Å². The molecule has 2 aliphatic rings. The van der Waals surface area contributed by atoms with Crippen LogP contribution in [0.2, 0.25) is 0 Å². The normalized spacial score (nSPS) is 16.3. The van der Waals surface area contributed by atoms with Gasteiger partial charge in [0.25, 0.3) is 0 Å². The summed E-state index contributed by atoms with van der Waals surface area (Å²) in [4.78, 5) is 4.39. The number of nitrogens with zero attached hydrogens (tertiary/aromatic N) is 7. The van der Waals surface area contributed by atoms with Crippen molar-refractivity contribution in [1.82, 2.24) is 29.4 Å². The second-order valence-electron chi connectivity index (χ2n) is 8.61. The van der Waals surface area contributed by atoms with Crippen LogP contribution in [0, 0.1) is 11.3 Å². The van der Waals surface area contributed by atoms with Gasteiger partial charge in [-0.3, -0.25) is 4.57 Å². The highest BCUT2D eigenvalue weighted by atomic mass is 16.5. The number of rotatable bonds is 7. The van der Waals surface area contributed by atoms with E-state index < -0.39 is 0 Å². The van der Waals surface area contributed by atoms with Gasteiger partial charge >= 0.3 is 0 Å². The van der Waals surface area contributed by atoms with Crippen LogP contribution in [-0.2, 0) is 4.74 Å². The molecule has 11 nitrogen and oxygen atoms in total. The Labute approximate surface area is 195 Å². The van der Waals surface area contributed by atoms with E-state index in [0.29, 0.717) is 29.2 Å². The van der Waals surface area contributed by atoms with Gasteiger partial charge in [-0.1, -0.05) is 0 Å². The third kappa shape index (κ3) is 4.11. The van der Waals surface area contributed by atoms with Crippen molar-refractivity contribution in [3.8, 4) is 11.8 Å². The summed E-state index contributed by atoms with van der Waals surface area (Å²) in [5.74, 6) is 0.616. The minimum absolute atomic E-state index is 0.355. The van der Waals surface area contributed by atoms with E-state index in [1.54, 1.807) is 23.4 Å². The minimum Gasteiger partial charge on any atom is -0.381 e. The van der Waals surface area contributed by atoms with E-state index >= 15 is 0 Å². The first kappa shape index (κ1) is 20.4. The van der Waals surface area contributed by atoms with Crippen molar-refractivity contribution < 1.29 is 4.74 Å². The van der Waals surface area contributed by atoms with Crippen LogP contribution >= 0.6 is 0 Å². The number of hydrogen-bond donors (Lipinski definition) is 3. The third-order valence-corrected chi connectivity index (χ3v) is 6.07. The maximum atomic E-state index is 9.48. The number of benzene rings is 1. The molecule has 34 heavy (non-hydrogen) atoms. The number of aromatic nitrogens is 6. The van der Waals surface area contributed by atoms with Gasteiger partial charge in [-0.25, -0.2) is 4.98 Å². The van der Waals surface area contributed by atoms with Crippen LogP contribution in [-0.4, -0.2) is 54.7 Å². The molecule has 1 aliphatic carbocycles. The SMILES string of the molecule is N#Cc1cnc2c(NC3CC3)cc(Nc3ccc(NC4CCOCC4)c(-n4cnnc4)c3)nn12. The molecule has 1 saturated carbocycles. The fourth-order valence-electron chi connectivity index (χ4n) is 4.14. The Morgan fingerprint density at radius 2 is 1.74 bits per heavy atom. The highest BCUT2D eigenvalue weighted by Gasteiger charge is 2.23. The van der Waals surface area contributed by atoms with E-state index in [0.717, 1.165) is 61.6 Å². The summed E-state index contributed by atoms with van der Waals surface area (Å²) < 4.78 is 8.95. The molecular weight excluding hydrogens is 432 g/mol. The molecule has 3 aromatic heterocycles. The zero-order valence-corrected chi connectivity index (χ0v) is 18.5. The van der Waals surface area contributed by atoms with Crippen LogP contribution in [0.5, 0.6) is 0 Å². The lowest BCUT2D eigenvalue weighted by molar-refractivity contribution is 0.0904. The number of fused-ring (bicyclic) bond motifs is 1. The van der Waals surface area contributed by atoms with Gasteiger partial charge in [0.1, 0.15) is 18.7 Å². The second-order valence-corrected chi connectivity index (χ2v) is 8.61. The molecule has 0 radical (unpaired) electrons. The van der Waals surface area contributed by atoms with Gasteiger partial charge < -0.3 is 20.7 Å². The maximum absolute atomic E-state index is 9.48. The van der Waals surface area contributed by atoms with Gasteiger partial charge in [0.15, 0.2) is 17.2 Å². The molecule has 0 unspecified atom stereocenters. The summed E-state index contributed by atoms with van der Waals surface area (Å²) in [5, 5.41) is 32.6. The first-order valence-electron chi connectivity index (χ1n) is 11.4. The summed E-state index contributed by atoms with van der Waals surface area (Å²) in [6, 6.07) is 11.0. The molecule has 6 rings (SSSR count). The van der Waals surface area contributed by atoms with Crippen molar-refractivity contribution in [2.24, 2.45) is 0 Å². The fraction of sp³-hybridized carbons (Fsp3) is 0.348. The fourth-order valence-corrected chi connectivity index (χ4v) is 4.14. The summed E-state index contributed by atoms with van der Waals surface area (Å²) in [7, 11) is 0. The van der Waals surface area contributed by atoms with Crippen LogP contribution in [0.25, 0.3) is 11.3 Å². The average molecular weight is 457 g/mol. The zero-order valence-electron chi connectivity index (χ0n) is 18.5. The van der Waals surface area contributed by atoms with E-state index in [2.05, 4.69) is 42.3 Å². The molecule has 3 N–H and O–H groups in total. The van der Waals surface area contributed by atoms with E-state index in [-0.39, 0.29) is 0 Å². The standard InChI is InChI=1S/C23H24N10O/c24-11-18-12-25-23-20(29-15-1-2-15)10-22(31-33(18)23)30-17-3-4-19(28-16-5-7-34-8-6-16)21(9-17)32-13-26-27-14-32/h3-4,9-10,12-16,28-29H,1-2,5-8H2,(H,30,31).